The Morgan fingerprint density at radius 3 is 2.65 bits per heavy atom. The summed E-state index contributed by atoms with van der Waals surface area (Å²) in [6.07, 6.45) is 8.10. The van der Waals surface area contributed by atoms with Crippen molar-refractivity contribution in [2.75, 3.05) is 19.6 Å². The van der Waals surface area contributed by atoms with Crippen LogP contribution in [0.3, 0.4) is 0 Å². The number of carbonyl (C=O) groups is 1. The summed E-state index contributed by atoms with van der Waals surface area (Å²) < 4.78 is 0. The minimum Gasteiger partial charge on any atom is -0.356 e. The quantitative estimate of drug-likeness (QED) is 0.744. The second-order valence-electron chi connectivity index (χ2n) is 5.86. The van der Waals surface area contributed by atoms with Crippen molar-refractivity contribution in [1.82, 2.24) is 10.6 Å². The molecule has 0 atom stereocenters. The standard InChI is InChI=1S/C14H26N2O/c1-2-14(7-8-14)11-16-13(17)4-3-12-5-9-15-10-6-12/h12,15H,2-11H2,1H3,(H,16,17). The van der Waals surface area contributed by atoms with Crippen LogP contribution in [0.1, 0.15) is 51.9 Å². The van der Waals surface area contributed by atoms with Crippen LogP contribution in [0, 0.1) is 11.3 Å². The number of piperidine rings is 1. The first-order valence-corrected chi connectivity index (χ1v) is 7.21. The van der Waals surface area contributed by atoms with Crippen molar-refractivity contribution in [3.8, 4) is 0 Å². The molecule has 1 aliphatic heterocycles. The molecule has 0 aromatic rings. The van der Waals surface area contributed by atoms with Gasteiger partial charge in [0, 0.05) is 13.0 Å². The van der Waals surface area contributed by atoms with Gasteiger partial charge in [-0.15, -0.1) is 0 Å². The zero-order chi connectivity index (χ0) is 12.1. The lowest BCUT2D eigenvalue weighted by atomic mass is 9.93. The van der Waals surface area contributed by atoms with Gasteiger partial charge in [-0.3, -0.25) is 4.79 Å². The number of hydrogen-bond donors (Lipinski definition) is 2. The van der Waals surface area contributed by atoms with Crippen molar-refractivity contribution in [3.05, 3.63) is 0 Å². The number of rotatable bonds is 6. The molecular formula is C14H26N2O. The van der Waals surface area contributed by atoms with Gasteiger partial charge in [-0.2, -0.15) is 0 Å². The zero-order valence-corrected chi connectivity index (χ0v) is 11.1. The zero-order valence-electron chi connectivity index (χ0n) is 11.1. The molecule has 2 aliphatic rings. The maximum atomic E-state index is 11.7. The Kier molecular flexibility index (Phi) is 4.43. The van der Waals surface area contributed by atoms with Gasteiger partial charge in [-0.1, -0.05) is 6.92 Å². The second-order valence-corrected chi connectivity index (χ2v) is 5.86. The van der Waals surface area contributed by atoms with Gasteiger partial charge < -0.3 is 10.6 Å². The minimum atomic E-state index is 0.267. The molecule has 2 fully saturated rings. The fourth-order valence-electron chi connectivity index (χ4n) is 2.71. The van der Waals surface area contributed by atoms with Crippen LogP contribution in [0.25, 0.3) is 0 Å². The molecule has 0 aromatic heterocycles. The van der Waals surface area contributed by atoms with Crippen LogP contribution < -0.4 is 10.6 Å². The van der Waals surface area contributed by atoms with Crippen LogP contribution in [0.2, 0.25) is 0 Å². The van der Waals surface area contributed by atoms with Crippen molar-refractivity contribution in [1.29, 1.82) is 0 Å². The second kappa shape index (κ2) is 5.85. The third-order valence-electron chi connectivity index (χ3n) is 4.61. The van der Waals surface area contributed by atoms with Gasteiger partial charge in [0.1, 0.15) is 0 Å². The van der Waals surface area contributed by atoms with E-state index >= 15 is 0 Å². The molecule has 0 spiro atoms. The molecule has 3 heteroatoms. The Hall–Kier alpha value is -0.570. The highest BCUT2D eigenvalue weighted by Gasteiger charge is 2.40. The first kappa shape index (κ1) is 12.9. The van der Waals surface area contributed by atoms with E-state index in [0.29, 0.717) is 5.41 Å². The highest BCUT2D eigenvalue weighted by Crippen LogP contribution is 2.47. The van der Waals surface area contributed by atoms with Crippen LogP contribution in [0.15, 0.2) is 0 Å². The molecule has 1 aliphatic carbocycles. The topological polar surface area (TPSA) is 41.1 Å². The molecule has 1 amide bonds. The van der Waals surface area contributed by atoms with Gasteiger partial charge in [0.25, 0.3) is 0 Å². The Balaban J connectivity index is 1.57. The van der Waals surface area contributed by atoms with Gasteiger partial charge in [0.15, 0.2) is 0 Å². The number of amides is 1. The average Bonchev–Trinajstić information content (AvgIpc) is 3.16. The molecule has 17 heavy (non-hydrogen) atoms. The summed E-state index contributed by atoms with van der Waals surface area (Å²) in [7, 11) is 0. The maximum absolute atomic E-state index is 11.7. The molecule has 2 N–H and O–H groups in total. The lowest BCUT2D eigenvalue weighted by Gasteiger charge is -2.22. The fraction of sp³-hybridized carbons (Fsp3) is 0.929. The van der Waals surface area contributed by atoms with Crippen molar-refractivity contribution in [3.63, 3.8) is 0 Å². The van der Waals surface area contributed by atoms with Crippen molar-refractivity contribution in [2.24, 2.45) is 11.3 Å². The third kappa shape index (κ3) is 3.98. The lowest BCUT2D eigenvalue weighted by Crippen LogP contribution is -2.31. The third-order valence-corrected chi connectivity index (χ3v) is 4.61. The summed E-state index contributed by atoms with van der Waals surface area (Å²) in [6.45, 7) is 5.40. The molecule has 98 valence electrons. The van der Waals surface area contributed by atoms with E-state index in [9.17, 15) is 4.79 Å². The molecule has 1 saturated heterocycles. The Morgan fingerprint density at radius 1 is 1.35 bits per heavy atom. The van der Waals surface area contributed by atoms with Crippen LogP contribution in [0.4, 0.5) is 0 Å². The molecule has 0 bridgehead atoms. The van der Waals surface area contributed by atoms with Crippen LogP contribution >= 0.6 is 0 Å². The fourth-order valence-corrected chi connectivity index (χ4v) is 2.71. The molecule has 1 saturated carbocycles. The van der Waals surface area contributed by atoms with E-state index in [4.69, 9.17) is 0 Å². The summed E-state index contributed by atoms with van der Waals surface area (Å²) in [5.41, 5.74) is 0.477. The van der Waals surface area contributed by atoms with Gasteiger partial charge >= 0.3 is 0 Å². The predicted octanol–water partition coefficient (Wildman–Crippen LogP) is 2.07. The smallest absolute Gasteiger partial charge is 0.220 e. The molecule has 1 heterocycles. The minimum absolute atomic E-state index is 0.267. The van der Waals surface area contributed by atoms with Crippen molar-refractivity contribution in [2.45, 2.75) is 51.9 Å². The van der Waals surface area contributed by atoms with E-state index in [-0.39, 0.29) is 5.91 Å². The van der Waals surface area contributed by atoms with Gasteiger partial charge in [0.2, 0.25) is 5.91 Å². The van der Waals surface area contributed by atoms with Crippen LogP contribution in [-0.2, 0) is 4.79 Å². The van der Waals surface area contributed by atoms with E-state index in [1.807, 2.05) is 0 Å². The van der Waals surface area contributed by atoms with Crippen LogP contribution in [0.5, 0.6) is 0 Å². The summed E-state index contributed by atoms with van der Waals surface area (Å²) in [4.78, 5) is 11.7. The molecule has 3 nitrogen and oxygen atoms in total. The SMILES string of the molecule is CCC1(CNC(=O)CCC2CCNCC2)CC1. The first-order chi connectivity index (χ1) is 8.24. The molecule has 0 unspecified atom stereocenters. The molecule has 2 rings (SSSR count). The normalized spacial score (nSPS) is 23.4. The van der Waals surface area contributed by atoms with E-state index in [1.165, 1.54) is 32.1 Å². The molecular weight excluding hydrogens is 212 g/mol. The van der Waals surface area contributed by atoms with Crippen molar-refractivity contribution < 1.29 is 4.79 Å². The predicted molar refractivity (Wildman–Crippen MR) is 69.8 cm³/mol. The lowest BCUT2D eigenvalue weighted by molar-refractivity contribution is -0.121. The van der Waals surface area contributed by atoms with Gasteiger partial charge in [0.05, 0.1) is 0 Å². The average molecular weight is 238 g/mol. The first-order valence-electron chi connectivity index (χ1n) is 7.21. The van der Waals surface area contributed by atoms with Crippen LogP contribution in [-0.4, -0.2) is 25.5 Å². The van der Waals surface area contributed by atoms with E-state index in [0.717, 1.165) is 38.4 Å². The molecule has 0 radical (unpaired) electrons. The summed E-state index contributed by atoms with van der Waals surface area (Å²) >= 11 is 0. The molecule has 0 aromatic carbocycles. The Labute approximate surface area is 105 Å². The Bertz CT molecular complexity index is 255. The number of carbonyl (C=O) groups excluding carboxylic acids is 1. The largest absolute Gasteiger partial charge is 0.356 e. The summed E-state index contributed by atoms with van der Waals surface area (Å²) in [5, 5.41) is 6.48. The highest BCUT2D eigenvalue weighted by molar-refractivity contribution is 5.75. The maximum Gasteiger partial charge on any atom is 0.220 e. The monoisotopic (exact) mass is 238 g/mol. The van der Waals surface area contributed by atoms with Gasteiger partial charge in [-0.25, -0.2) is 0 Å². The van der Waals surface area contributed by atoms with Crippen molar-refractivity contribution >= 4 is 5.91 Å². The highest BCUT2D eigenvalue weighted by atomic mass is 16.1. The van der Waals surface area contributed by atoms with E-state index in [1.54, 1.807) is 0 Å². The number of hydrogen-bond acceptors (Lipinski definition) is 2. The van der Waals surface area contributed by atoms with E-state index in [2.05, 4.69) is 17.6 Å². The number of nitrogens with one attached hydrogen (secondary N) is 2. The van der Waals surface area contributed by atoms with Gasteiger partial charge in [-0.05, 0) is 62.9 Å². The summed E-state index contributed by atoms with van der Waals surface area (Å²) in [6, 6.07) is 0. The summed E-state index contributed by atoms with van der Waals surface area (Å²) in [5.74, 6) is 1.03. The van der Waals surface area contributed by atoms with E-state index < -0.39 is 0 Å². The Morgan fingerprint density at radius 2 is 2.06 bits per heavy atom.